The van der Waals surface area contributed by atoms with Crippen molar-refractivity contribution >= 4 is 17.3 Å². The molecule has 0 radical (unpaired) electrons. The lowest BCUT2D eigenvalue weighted by atomic mass is 10.3. The Morgan fingerprint density at radius 1 is 1.73 bits per heavy atom. The summed E-state index contributed by atoms with van der Waals surface area (Å²) >= 11 is 0. The lowest BCUT2D eigenvalue weighted by Gasteiger charge is -2.00. The summed E-state index contributed by atoms with van der Waals surface area (Å²) in [7, 11) is 1.74. The van der Waals surface area contributed by atoms with E-state index in [1.807, 2.05) is 0 Å². The summed E-state index contributed by atoms with van der Waals surface area (Å²) in [5.41, 5.74) is 6.14. The van der Waals surface area contributed by atoms with Crippen LogP contribution >= 0.6 is 0 Å². The Kier molecular flexibility index (Phi) is 3.22. The number of amides is 1. The average Bonchev–Trinajstić information content (AvgIpc) is 2.50. The molecular formula is C9H13N5O. The number of aromatic nitrogens is 2. The number of nitrogens with zero attached hydrogens (tertiary/aromatic N) is 2. The summed E-state index contributed by atoms with van der Waals surface area (Å²) in [5.74, 6) is -0.507. The molecule has 4 N–H and O–H groups in total. The van der Waals surface area contributed by atoms with Crippen LogP contribution in [0.25, 0.3) is 0 Å². The largest absolute Gasteiger partial charge is 0.402 e. The molecule has 0 bridgehead atoms. The summed E-state index contributed by atoms with van der Waals surface area (Å²) in [6, 6.07) is 0. The molecule has 6 nitrogen and oxygen atoms in total. The van der Waals surface area contributed by atoms with Crippen LogP contribution in [0.15, 0.2) is 24.2 Å². The minimum absolute atomic E-state index is 0.182. The van der Waals surface area contributed by atoms with Crippen LogP contribution in [-0.4, -0.2) is 21.4 Å². The van der Waals surface area contributed by atoms with E-state index in [1.54, 1.807) is 24.9 Å². The van der Waals surface area contributed by atoms with Gasteiger partial charge in [-0.3, -0.25) is 14.9 Å². The van der Waals surface area contributed by atoms with E-state index in [0.29, 0.717) is 11.4 Å². The highest BCUT2D eigenvalue weighted by Crippen LogP contribution is 2.03. The van der Waals surface area contributed by atoms with Gasteiger partial charge in [0.2, 0.25) is 0 Å². The zero-order valence-corrected chi connectivity index (χ0v) is 8.61. The van der Waals surface area contributed by atoms with Crippen molar-refractivity contribution in [2.75, 3.05) is 5.32 Å². The molecule has 1 rings (SSSR count). The predicted molar refractivity (Wildman–Crippen MR) is 57.5 cm³/mol. The first-order valence-electron chi connectivity index (χ1n) is 4.31. The van der Waals surface area contributed by atoms with Gasteiger partial charge >= 0.3 is 0 Å². The summed E-state index contributed by atoms with van der Waals surface area (Å²) in [6.45, 7) is 1.62. The maximum atomic E-state index is 11.4. The van der Waals surface area contributed by atoms with Gasteiger partial charge in [-0.15, -0.1) is 0 Å². The summed E-state index contributed by atoms with van der Waals surface area (Å²) in [5, 5.41) is 13.8. The van der Waals surface area contributed by atoms with Crippen LogP contribution in [0.5, 0.6) is 0 Å². The second-order valence-electron chi connectivity index (χ2n) is 3.16. The highest BCUT2D eigenvalue weighted by Gasteiger charge is 2.07. The summed E-state index contributed by atoms with van der Waals surface area (Å²) in [4.78, 5) is 11.4. The Morgan fingerprint density at radius 2 is 2.40 bits per heavy atom. The van der Waals surface area contributed by atoms with E-state index in [1.165, 1.54) is 12.3 Å². The lowest BCUT2D eigenvalue weighted by Crippen LogP contribution is -2.20. The molecule has 15 heavy (non-hydrogen) atoms. The number of aryl methyl sites for hydroxylation is 1. The van der Waals surface area contributed by atoms with Gasteiger partial charge in [0, 0.05) is 18.9 Å². The molecule has 0 unspecified atom stereocenters. The molecule has 0 aliphatic carbocycles. The van der Waals surface area contributed by atoms with Gasteiger partial charge in [-0.1, -0.05) is 0 Å². The van der Waals surface area contributed by atoms with Crippen molar-refractivity contribution in [3.8, 4) is 0 Å². The molecule has 0 aromatic carbocycles. The van der Waals surface area contributed by atoms with E-state index < -0.39 is 5.91 Å². The van der Waals surface area contributed by atoms with Crippen molar-refractivity contribution in [1.82, 2.24) is 9.78 Å². The van der Waals surface area contributed by atoms with Gasteiger partial charge in [-0.05, 0) is 13.0 Å². The second kappa shape index (κ2) is 4.41. The number of hydrogen-bond donors (Lipinski definition) is 3. The van der Waals surface area contributed by atoms with E-state index >= 15 is 0 Å². The fraction of sp³-hybridized carbons (Fsp3) is 0.222. The number of carbonyl (C=O) groups is 1. The van der Waals surface area contributed by atoms with Gasteiger partial charge in [0.1, 0.15) is 5.71 Å². The minimum Gasteiger partial charge on any atom is -0.402 e. The van der Waals surface area contributed by atoms with E-state index in [0.717, 1.165) is 0 Å². The van der Waals surface area contributed by atoms with E-state index in [4.69, 9.17) is 11.1 Å². The third kappa shape index (κ3) is 3.26. The highest BCUT2D eigenvalue weighted by molar-refractivity contribution is 6.45. The molecule has 0 spiro atoms. The molecular weight excluding hydrogens is 194 g/mol. The number of rotatable bonds is 3. The quantitative estimate of drug-likeness (QED) is 0.619. The standard InChI is InChI=1S/C9H13N5O/c1-6(10)3-8(11)9(15)13-7-4-12-14(2)5-7/h3-5,11H,10H2,1-2H3,(H,13,15). The van der Waals surface area contributed by atoms with E-state index in [-0.39, 0.29) is 5.71 Å². The van der Waals surface area contributed by atoms with Crippen molar-refractivity contribution < 1.29 is 4.79 Å². The Balaban J connectivity index is 2.64. The molecule has 6 heteroatoms. The molecule has 0 atom stereocenters. The van der Waals surface area contributed by atoms with Gasteiger partial charge in [0.15, 0.2) is 0 Å². The van der Waals surface area contributed by atoms with Gasteiger partial charge in [-0.2, -0.15) is 5.10 Å². The SMILES string of the molecule is CC(N)=CC(=N)C(=O)Nc1cnn(C)c1. The topological polar surface area (TPSA) is 96.8 Å². The molecule has 0 fully saturated rings. The van der Waals surface area contributed by atoms with Gasteiger partial charge in [0.05, 0.1) is 11.9 Å². The normalized spacial score (nSPS) is 11.2. The van der Waals surface area contributed by atoms with Gasteiger partial charge in [-0.25, -0.2) is 0 Å². The fourth-order valence-corrected chi connectivity index (χ4v) is 0.977. The van der Waals surface area contributed by atoms with Crippen LogP contribution < -0.4 is 11.1 Å². The van der Waals surface area contributed by atoms with Crippen molar-refractivity contribution in [2.45, 2.75) is 6.92 Å². The van der Waals surface area contributed by atoms with Crippen molar-refractivity contribution in [3.05, 3.63) is 24.2 Å². The minimum atomic E-state index is -0.507. The Labute approximate surface area is 87.3 Å². The number of hydrogen-bond acceptors (Lipinski definition) is 4. The second-order valence-corrected chi connectivity index (χ2v) is 3.16. The molecule has 1 aromatic heterocycles. The Bertz CT molecular complexity index is 414. The summed E-state index contributed by atoms with van der Waals surface area (Å²) < 4.78 is 1.56. The number of carbonyl (C=O) groups excluding carboxylic acids is 1. The summed E-state index contributed by atoms with van der Waals surface area (Å²) in [6.07, 6.45) is 4.44. The van der Waals surface area contributed by atoms with Gasteiger partial charge < -0.3 is 11.1 Å². The predicted octanol–water partition coefficient (Wildman–Crippen LogP) is 0.241. The molecule has 80 valence electrons. The first-order valence-corrected chi connectivity index (χ1v) is 4.31. The molecule has 0 aliphatic rings. The number of nitrogens with two attached hydrogens (primary N) is 1. The average molecular weight is 207 g/mol. The third-order valence-corrected chi connectivity index (χ3v) is 1.58. The molecule has 0 saturated heterocycles. The van der Waals surface area contributed by atoms with Crippen LogP contribution in [0.3, 0.4) is 0 Å². The first kappa shape index (κ1) is 11.0. The van der Waals surface area contributed by atoms with Crippen LogP contribution in [0, 0.1) is 5.41 Å². The van der Waals surface area contributed by atoms with E-state index in [2.05, 4.69) is 10.4 Å². The molecule has 0 saturated carbocycles. The number of anilines is 1. The Morgan fingerprint density at radius 3 is 2.87 bits per heavy atom. The lowest BCUT2D eigenvalue weighted by molar-refractivity contribution is -0.110. The zero-order chi connectivity index (χ0) is 11.4. The van der Waals surface area contributed by atoms with Gasteiger partial charge in [0.25, 0.3) is 5.91 Å². The smallest absolute Gasteiger partial charge is 0.273 e. The monoisotopic (exact) mass is 207 g/mol. The van der Waals surface area contributed by atoms with Crippen molar-refractivity contribution in [1.29, 1.82) is 5.41 Å². The number of allylic oxidation sites excluding steroid dienone is 1. The third-order valence-electron chi connectivity index (χ3n) is 1.58. The maximum Gasteiger partial charge on any atom is 0.273 e. The fourth-order valence-electron chi connectivity index (χ4n) is 0.977. The van der Waals surface area contributed by atoms with Crippen molar-refractivity contribution in [3.63, 3.8) is 0 Å². The van der Waals surface area contributed by atoms with Crippen molar-refractivity contribution in [2.24, 2.45) is 12.8 Å². The molecule has 1 heterocycles. The van der Waals surface area contributed by atoms with E-state index in [9.17, 15) is 4.79 Å². The van der Waals surface area contributed by atoms with Crippen LogP contribution in [0.1, 0.15) is 6.92 Å². The van der Waals surface area contributed by atoms with Crippen LogP contribution in [0.4, 0.5) is 5.69 Å². The molecule has 0 aliphatic heterocycles. The maximum absolute atomic E-state index is 11.4. The highest BCUT2D eigenvalue weighted by atomic mass is 16.1. The molecule has 1 amide bonds. The Hall–Kier alpha value is -2.11. The number of nitrogens with one attached hydrogen (secondary N) is 2. The van der Waals surface area contributed by atoms with Crippen LogP contribution in [-0.2, 0) is 11.8 Å². The zero-order valence-electron chi connectivity index (χ0n) is 8.61. The van der Waals surface area contributed by atoms with Crippen LogP contribution in [0.2, 0.25) is 0 Å². The first-order chi connectivity index (χ1) is 6.99. The molecule has 1 aromatic rings.